The summed E-state index contributed by atoms with van der Waals surface area (Å²) >= 11 is 0. The lowest BCUT2D eigenvalue weighted by molar-refractivity contribution is -0.128. The normalized spacial score (nSPS) is 12.4. The maximum atomic E-state index is 15.1. The standard InChI is InChI=1S/C27H27F2N5O2/c1-4-27(2,3)30-26(36)25(18-13-15-19(28)16-14-18)34(22-11-7-5-9-20(22)29)24(35)17-33-23-12-8-6-10-21(23)31-32-33/h5-16,25H,4,17H2,1-3H3,(H,30,36). The number of nitrogens with zero attached hydrogens (tertiary/aromatic N) is 4. The van der Waals surface area contributed by atoms with Crippen molar-refractivity contribution in [2.75, 3.05) is 4.90 Å². The van der Waals surface area contributed by atoms with Gasteiger partial charge in [-0.1, -0.05) is 48.5 Å². The van der Waals surface area contributed by atoms with Gasteiger partial charge in [0.05, 0.1) is 11.2 Å². The Bertz CT molecular complexity index is 1380. The average Bonchev–Trinajstić information content (AvgIpc) is 3.26. The summed E-state index contributed by atoms with van der Waals surface area (Å²) in [6.45, 7) is 5.33. The zero-order valence-electron chi connectivity index (χ0n) is 20.3. The van der Waals surface area contributed by atoms with Crippen LogP contribution in [0.25, 0.3) is 11.0 Å². The van der Waals surface area contributed by atoms with Gasteiger partial charge in [0, 0.05) is 5.54 Å². The number of hydrogen-bond acceptors (Lipinski definition) is 4. The van der Waals surface area contributed by atoms with Gasteiger partial charge in [-0.05, 0) is 62.2 Å². The molecule has 0 radical (unpaired) electrons. The number of anilines is 1. The molecule has 0 bridgehead atoms. The van der Waals surface area contributed by atoms with E-state index in [2.05, 4.69) is 15.6 Å². The molecule has 36 heavy (non-hydrogen) atoms. The number of hydrogen-bond donors (Lipinski definition) is 1. The Morgan fingerprint density at radius 3 is 2.36 bits per heavy atom. The molecule has 186 valence electrons. The van der Waals surface area contributed by atoms with Crippen LogP contribution in [-0.4, -0.2) is 32.3 Å². The Hall–Kier alpha value is -4.14. The van der Waals surface area contributed by atoms with Gasteiger partial charge in [-0.2, -0.15) is 0 Å². The van der Waals surface area contributed by atoms with Crippen molar-refractivity contribution >= 4 is 28.5 Å². The van der Waals surface area contributed by atoms with Crippen molar-refractivity contribution < 1.29 is 18.4 Å². The minimum absolute atomic E-state index is 0.0781. The summed E-state index contributed by atoms with van der Waals surface area (Å²) in [5.74, 6) is -2.28. The van der Waals surface area contributed by atoms with Crippen LogP contribution in [0.2, 0.25) is 0 Å². The third-order valence-electron chi connectivity index (χ3n) is 6.12. The summed E-state index contributed by atoms with van der Waals surface area (Å²) in [6.07, 6.45) is 0.619. The topological polar surface area (TPSA) is 80.1 Å². The van der Waals surface area contributed by atoms with E-state index in [0.29, 0.717) is 23.0 Å². The third-order valence-corrected chi connectivity index (χ3v) is 6.12. The largest absolute Gasteiger partial charge is 0.349 e. The second kappa shape index (κ2) is 10.2. The lowest BCUT2D eigenvalue weighted by atomic mass is 9.98. The highest BCUT2D eigenvalue weighted by molar-refractivity contribution is 6.01. The fourth-order valence-electron chi connectivity index (χ4n) is 3.86. The molecule has 3 aromatic carbocycles. The van der Waals surface area contributed by atoms with E-state index in [0.717, 1.165) is 4.90 Å². The minimum atomic E-state index is -1.27. The first kappa shape index (κ1) is 25.0. The maximum Gasteiger partial charge on any atom is 0.249 e. The molecule has 1 N–H and O–H groups in total. The van der Waals surface area contributed by atoms with Crippen LogP contribution in [0.4, 0.5) is 14.5 Å². The number of carbonyl (C=O) groups excluding carboxylic acids is 2. The van der Waals surface area contributed by atoms with Crippen molar-refractivity contribution in [3.63, 3.8) is 0 Å². The number of amides is 2. The number of para-hydroxylation sites is 2. The van der Waals surface area contributed by atoms with E-state index in [4.69, 9.17) is 0 Å². The molecule has 4 aromatic rings. The highest BCUT2D eigenvalue weighted by Crippen LogP contribution is 2.31. The average molecular weight is 492 g/mol. The number of rotatable bonds is 8. The molecule has 0 saturated carbocycles. The zero-order chi connectivity index (χ0) is 25.9. The molecule has 0 saturated heterocycles. The van der Waals surface area contributed by atoms with Crippen LogP contribution >= 0.6 is 0 Å². The first-order valence-corrected chi connectivity index (χ1v) is 11.6. The highest BCUT2D eigenvalue weighted by atomic mass is 19.1. The van der Waals surface area contributed by atoms with Crippen molar-refractivity contribution in [1.82, 2.24) is 20.3 Å². The molecule has 9 heteroatoms. The van der Waals surface area contributed by atoms with Gasteiger partial charge in [0.2, 0.25) is 11.8 Å². The fraction of sp³-hybridized carbons (Fsp3) is 0.259. The van der Waals surface area contributed by atoms with Gasteiger partial charge in [-0.25, -0.2) is 13.5 Å². The predicted molar refractivity (Wildman–Crippen MR) is 133 cm³/mol. The molecule has 0 fully saturated rings. The lowest BCUT2D eigenvalue weighted by Crippen LogP contribution is -2.51. The van der Waals surface area contributed by atoms with Crippen LogP contribution < -0.4 is 10.2 Å². The number of benzene rings is 3. The maximum absolute atomic E-state index is 15.1. The van der Waals surface area contributed by atoms with E-state index < -0.39 is 35.0 Å². The van der Waals surface area contributed by atoms with Crippen molar-refractivity contribution in [1.29, 1.82) is 0 Å². The summed E-state index contributed by atoms with van der Waals surface area (Å²) in [6, 6.07) is 16.8. The van der Waals surface area contributed by atoms with Gasteiger partial charge in [0.15, 0.2) is 0 Å². The number of carbonyl (C=O) groups is 2. The van der Waals surface area contributed by atoms with Crippen LogP contribution in [0, 0.1) is 11.6 Å². The Labute approximate surface area is 207 Å². The molecule has 1 aromatic heterocycles. The SMILES string of the molecule is CCC(C)(C)NC(=O)C(c1ccc(F)cc1)N(C(=O)Cn1nnc2ccccc21)c1ccccc1F. The summed E-state index contributed by atoms with van der Waals surface area (Å²) in [5, 5.41) is 11.1. The van der Waals surface area contributed by atoms with Gasteiger partial charge in [-0.15, -0.1) is 5.10 Å². The lowest BCUT2D eigenvalue weighted by Gasteiger charge is -2.34. The Kier molecular flexibility index (Phi) is 7.10. The smallest absolute Gasteiger partial charge is 0.249 e. The third kappa shape index (κ3) is 5.25. The van der Waals surface area contributed by atoms with Crippen LogP contribution in [-0.2, 0) is 16.1 Å². The molecule has 0 spiro atoms. The Morgan fingerprint density at radius 1 is 1.00 bits per heavy atom. The van der Waals surface area contributed by atoms with E-state index in [9.17, 15) is 14.0 Å². The summed E-state index contributed by atoms with van der Waals surface area (Å²) in [5.41, 5.74) is 0.877. The highest BCUT2D eigenvalue weighted by Gasteiger charge is 2.36. The molecular formula is C27H27F2N5O2. The fourth-order valence-corrected chi connectivity index (χ4v) is 3.86. The van der Waals surface area contributed by atoms with Crippen molar-refractivity contribution in [3.05, 3.63) is 90.0 Å². The number of halogens is 2. The van der Waals surface area contributed by atoms with E-state index in [1.165, 1.54) is 47.1 Å². The number of aromatic nitrogens is 3. The van der Waals surface area contributed by atoms with E-state index in [-0.39, 0.29) is 12.2 Å². The zero-order valence-corrected chi connectivity index (χ0v) is 20.3. The summed E-state index contributed by atoms with van der Waals surface area (Å²) in [4.78, 5) is 28.6. The van der Waals surface area contributed by atoms with Gasteiger partial charge in [-0.3, -0.25) is 14.5 Å². The second-order valence-electron chi connectivity index (χ2n) is 9.13. The molecule has 0 aliphatic carbocycles. The molecule has 0 aliphatic heterocycles. The van der Waals surface area contributed by atoms with Gasteiger partial charge in [0.25, 0.3) is 0 Å². The van der Waals surface area contributed by atoms with E-state index in [1.807, 2.05) is 20.8 Å². The van der Waals surface area contributed by atoms with Crippen molar-refractivity contribution in [2.24, 2.45) is 0 Å². The van der Waals surface area contributed by atoms with Gasteiger partial charge >= 0.3 is 0 Å². The molecule has 2 amide bonds. The summed E-state index contributed by atoms with van der Waals surface area (Å²) in [7, 11) is 0. The monoisotopic (exact) mass is 491 g/mol. The Morgan fingerprint density at radius 2 is 1.67 bits per heavy atom. The van der Waals surface area contributed by atoms with Crippen LogP contribution in [0.1, 0.15) is 38.8 Å². The number of fused-ring (bicyclic) bond motifs is 1. The van der Waals surface area contributed by atoms with Gasteiger partial charge < -0.3 is 5.32 Å². The van der Waals surface area contributed by atoms with E-state index >= 15 is 4.39 Å². The summed E-state index contributed by atoms with van der Waals surface area (Å²) < 4.78 is 30.3. The predicted octanol–water partition coefficient (Wildman–Crippen LogP) is 4.79. The van der Waals surface area contributed by atoms with Crippen molar-refractivity contribution in [2.45, 2.75) is 45.3 Å². The second-order valence-corrected chi connectivity index (χ2v) is 9.13. The Balaban J connectivity index is 1.83. The van der Waals surface area contributed by atoms with Gasteiger partial charge in [0.1, 0.15) is 29.7 Å². The van der Waals surface area contributed by atoms with Crippen LogP contribution in [0.5, 0.6) is 0 Å². The molecule has 0 aliphatic rings. The molecular weight excluding hydrogens is 464 g/mol. The number of nitrogens with one attached hydrogen (secondary N) is 1. The quantitative estimate of drug-likeness (QED) is 0.384. The molecule has 1 unspecified atom stereocenters. The first-order chi connectivity index (χ1) is 17.2. The molecule has 7 nitrogen and oxygen atoms in total. The van der Waals surface area contributed by atoms with E-state index in [1.54, 1.807) is 30.3 Å². The van der Waals surface area contributed by atoms with Crippen molar-refractivity contribution in [3.8, 4) is 0 Å². The molecule has 4 rings (SSSR count). The van der Waals surface area contributed by atoms with Crippen LogP contribution in [0.15, 0.2) is 72.8 Å². The molecule has 1 heterocycles. The minimum Gasteiger partial charge on any atom is -0.349 e. The van der Waals surface area contributed by atoms with Crippen LogP contribution in [0.3, 0.4) is 0 Å². The first-order valence-electron chi connectivity index (χ1n) is 11.6. The molecule has 1 atom stereocenters.